The molecule has 2 rings (SSSR count). The topological polar surface area (TPSA) is 20.2 Å². The Hall–Kier alpha value is -0.240. The monoisotopic (exact) mass is 230 g/mol. The standard InChI is InChI=1S/C11H12Cl2O/c1-11(5-7(11)6-14)8-3-2-4-9(12)10(8)13/h2-4,7,14H,5-6H2,1H3. The van der Waals surface area contributed by atoms with Crippen molar-refractivity contribution >= 4 is 23.2 Å². The van der Waals surface area contributed by atoms with Gasteiger partial charge in [0.15, 0.2) is 0 Å². The van der Waals surface area contributed by atoms with Gasteiger partial charge >= 0.3 is 0 Å². The number of aliphatic hydroxyl groups is 1. The van der Waals surface area contributed by atoms with Gasteiger partial charge in [-0.2, -0.15) is 0 Å². The molecule has 3 heteroatoms. The molecule has 0 saturated heterocycles. The minimum absolute atomic E-state index is 0.0245. The molecule has 0 amide bonds. The number of benzene rings is 1. The lowest BCUT2D eigenvalue weighted by Crippen LogP contribution is -2.07. The van der Waals surface area contributed by atoms with Crippen LogP contribution >= 0.6 is 23.2 Å². The summed E-state index contributed by atoms with van der Waals surface area (Å²) in [5.74, 6) is 0.332. The maximum Gasteiger partial charge on any atom is 0.0629 e. The highest BCUT2D eigenvalue weighted by atomic mass is 35.5. The maximum atomic E-state index is 9.09. The van der Waals surface area contributed by atoms with E-state index in [1.165, 1.54) is 0 Å². The predicted octanol–water partition coefficient (Wildman–Crippen LogP) is 3.26. The zero-order chi connectivity index (χ0) is 10.3. The summed E-state index contributed by atoms with van der Waals surface area (Å²) < 4.78 is 0. The molecule has 1 aromatic rings. The van der Waals surface area contributed by atoms with Crippen LogP contribution in [-0.4, -0.2) is 11.7 Å². The van der Waals surface area contributed by atoms with Crippen LogP contribution in [0.3, 0.4) is 0 Å². The summed E-state index contributed by atoms with van der Waals surface area (Å²) in [5, 5.41) is 10.3. The molecule has 1 N–H and O–H groups in total. The van der Waals surface area contributed by atoms with Crippen LogP contribution in [0, 0.1) is 5.92 Å². The van der Waals surface area contributed by atoms with Crippen LogP contribution in [-0.2, 0) is 5.41 Å². The Morgan fingerprint density at radius 3 is 2.79 bits per heavy atom. The van der Waals surface area contributed by atoms with Gasteiger partial charge in [0.1, 0.15) is 0 Å². The number of aliphatic hydroxyl groups excluding tert-OH is 1. The van der Waals surface area contributed by atoms with Gasteiger partial charge in [-0.3, -0.25) is 0 Å². The van der Waals surface area contributed by atoms with Crippen LogP contribution in [0.4, 0.5) is 0 Å². The summed E-state index contributed by atoms with van der Waals surface area (Å²) >= 11 is 12.1. The normalized spacial score (nSPS) is 30.4. The first kappa shape index (κ1) is 10.3. The van der Waals surface area contributed by atoms with Gasteiger partial charge in [-0.15, -0.1) is 0 Å². The molecule has 14 heavy (non-hydrogen) atoms. The van der Waals surface area contributed by atoms with Crippen molar-refractivity contribution in [1.82, 2.24) is 0 Å². The third-order valence-electron chi connectivity index (χ3n) is 3.20. The largest absolute Gasteiger partial charge is 0.396 e. The molecule has 1 aliphatic rings. The number of hydrogen-bond acceptors (Lipinski definition) is 1. The summed E-state index contributed by atoms with van der Waals surface area (Å²) in [5.41, 5.74) is 1.09. The smallest absolute Gasteiger partial charge is 0.0629 e. The number of halogens is 2. The van der Waals surface area contributed by atoms with E-state index in [4.69, 9.17) is 28.3 Å². The van der Waals surface area contributed by atoms with Gasteiger partial charge in [-0.1, -0.05) is 42.3 Å². The summed E-state index contributed by atoms with van der Waals surface area (Å²) in [7, 11) is 0. The lowest BCUT2D eigenvalue weighted by molar-refractivity contribution is 0.265. The van der Waals surface area contributed by atoms with Crippen LogP contribution in [0.2, 0.25) is 10.0 Å². The molecule has 0 bridgehead atoms. The van der Waals surface area contributed by atoms with Crippen LogP contribution in [0.5, 0.6) is 0 Å². The first-order chi connectivity index (χ1) is 6.59. The Bertz CT molecular complexity index is 364. The summed E-state index contributed by atoms with van der Waals surface area (Å²) in [4.78, 5) is 0. The highest BCUT2D eigenvalue weighted by Gasteiger charge is 2.51. The molecule has 1 nitrogen and oxygen atoms in total. The Kier molecular flexibility index (Phi) is 2.50. The third kappa shape index (κ3) is 1.44. The zero-order valence-corrected chi connectivity index (χ0v) is 9.44. The van der Waals surface area contributed by atoms with Crippen LogP contribution in [0.1, 0.15) is 18.9 Å². The zero-order valence-electron chi connectivity index (χ0n) is 7.93. The van der Waals surface area contributed by atoms with Gasteiger partial charge in [-0.25, -0.2) is 0 Å². The SMILES string of the molecule is CC1(c2cccc(Cl)c2Cl)CC1CO. The van der Waals surface area contributed by atoms with Crippen molar-refractivity contribution < 1.29 is 5.11 Å². The molecular weight excluding hydrogens is 219 g/mol. The van der Waals surface area contributed by atoms with E-state index < -0.39 is 0 Å². The molecular formula is C11H12Cl2O. The van der Waals surface area contributed by atoms with Gasteiger partial charge in [0.05, 0.1) is 10.0 Å². The average Bonchev–Trinajstić information content (AvgIpc) is 2.83. The molecule has 0 aliphatic heterocycles. The van der Waals surface area contributed by atoms with E-state index in [0.29, 0.717) is 16.0 Å². The second-order valence-corrected chi connectivity index (χ2v) is 4.89. The number of hydrogen-bond donors (Lipinski definition) is 1. The van der Waals surface area contributed by atoms with E-state index in [0.717, 1.165) is 12.0 Å². The van der Waals surface area contributed by atoms with E-state index >= 15 is 0 Å². The van der Waals surface area contributed by atoms with Gasteiger partial charge < -0.3 is 5.11 Å². The van der Waals surface area contributed by atoms with E-state index in [1.807, 2.05) is 12.1 Å². The Morgan fingerprint density at radius 1 is 1.50 bits per heavy atom. The minimum Gasteiger partial charge on any atom is -0.396 e. The third-order valence-corrected chi connectivity index (χ3v) is 4.02. The second-order valence-electron chi connectivity index (χ2n) is 4.10. The van der Waals surface area contributed by atoms with Crippen LogP contribution in [0.25, 0.3) is 0 Å². The van der Waals surface area contributed by atoms with Crippen molar-refractivity contribution in [1.29, 1.82) is 0 Å². The second kappa shape index (κ2) is 3.41. The summed E-state index contributed by atoms with van der Waals surface area (Å²) in [6.07, 6.45) is 0.990. The Morgan fingerprint density at radius 2 is 2.21 bits per heavy atom. The molecule has 1 aromatic carbocycles. The lowest BCUT2D eigenvalue weighted by Gasteiger charge is -2.13. The number of rotatable bonds is 2. The van der Waals surface area contributed by atoms with Crippen molar-refractivity contribution in [2.24, 2.45) is 5.92 Å². The molecule has 76 valence electrons. The van der Waals surface area contributed by atoms with Crippen molar-refractivity contribution in [3.63, 3.8) is 0 Å². The van der Waals surface area contributed by atoms with E-state index in [9.17, 15) is 0 Å². The van der Waals surface area contributed by atoms with Gasteiger partial charge in [-0.05, 0) is 29.4 Å². The van der Waals surface area contributed by atoms with Gasteiger partial charge in [0, 0.05) is 6.61 Å². The summed E-state index contributed by atoms with van der Waals surface area (Å²) in [6, 6.07) is 5.68. The molecule has 0 radical (unpaired) electrons. The fourth-order valence-corrected chi connectivity index (χ4v) is 2.51. The molecule has 0 aromatic heterocycles. The first-order valence-corrected chi connectivity index (χ1v) is 5.40. The highest BCUT2D eigenvalue weighted by Crippen LogP contribution is 2.55. The maximum absolute atomic E-state index is 9.09. The van der Waals surface area contributed by atoms with Gasteiger partial charge in [0.2, 0.25) is 0 Å². The fourth-order valence-electron chi connectivity index (χ4n) is 1.99. The molecule has 0 spiro atoms. The first-order valence-electron chi connectivity index (χ1n) is 4.65. The van der Waals surface area contributed by atoms with Gasteiger partial charge in [0.25, 0.3) is 0 Å². The molecule has 2 unspecified atom stereocenters. The highest BCUT2D eigenvalue weighted by molar-refractivity contribution is 6.42. The molecule has 2 atom stereocenters. The van der Waals surface area contributed by atoms with Crippen LogP contribution in [0.15, 0.2) is 18.2 Å². The average molecular weight is 231 g/mol. The molecule has 1 fully saturated rings. The van der Waals surface area contributed by atoms with E-state index in [1.54, 1.807) is 6.07 Å². The Balaban J connectivity index is 2.39. The summed E-state index contributed by atoms with van der Waals surface area (Å²) in [6.45, 7) is 2.34. The van der Waals surface area contributed by atoms with Crippen LogP contribution < -0.4 is 0 Å². The van der Waals surface area contributed by atoms with E-state index in [2.05, 4.69) is 6.92 Å². The van der Waals surface area contributed by atoms with E-state index in [-0.39, 0.29) is 12.0 Å². The van der Waals surface area contributed by atoms with Crippen molar-refractivity contribution in [2.75, 3.05) is 6.61 Å². The lowest BCUT2D eigenvalue weighted by atomic mass is 9.95. The van der Waals surface area contributed by atoms with Crippen molar-refractivity contribution in [3.8, 4) is 0 Å². The molecule has 1 saturated carbocycles. The Labute approximate surface area is 93.7 Å². The molecule has 1 aliphatic carbocycles. The predicted molar refractivity (Wildman–Crippen MR) is 59.0 cm³/mol. The quantitative estimate of drug-likeness (QED) is 0.828. The van der Waals surface area contributed by atoms with Crippen molar-refractivity contribution in [3.05, 3.63) is 33.8 Å². The minimum atomic E-state index is 0.0245. The molecule has 0 heterocycles. The fraction of sp³-hybridized carbons (Fsp3) is 0.455. The van der Waals surface area contributed by atoms with Crippen molar-refractivity contribution in [2.45, 2.75) is 18.8 Å².